The highest BCUT2D eigenvalue weighted by Gasteiger charge is 2.05. The summed E-state index contributed by atoms with van der Waals surface area (Å²) in [5, 5.41) is 11.9. The Bertz CT molecular complexity index is 506. The lowest BCUT2D eigenvalue weighted by Gasteiger charge is -2.00. The molecular weight excluding hydrogens is 224 g/mol. The Hall–Kier alpha value is -1.69. The highest BCUT2D eigenvalue weighted by Crippen LogP contribution is 2.24. The van der Waals surface area contributed by atoms with Crippen molar-refractivity contribution < 1.29 is 4.79 Å². The quantitative estimate of drug-likeness (QED) is 0.754. The first kappa shape index (κ1) is 10.8. The van der Waals surface area contributed by atoms with E-state index >= 15 is 0 Å². The molecular formula is C10H10N4OS. The summed E-state index contributed by atoms with van der Waals surface area (Å²) in [7, 11) is 1.78. The van der Waals surface area contributed by atoms with E-state index in [0.29, 0.717) is 5.56 Å². The molecule has 0 aliphatic rings. The number of nitrogens with zero attached hydrogens (tertiary/aromatic N) is 4. The van der Waals surface area contributed by atoms with Crippen molar-refractivity contribution in [2.24, 2.45) is 7.05 Å². The molecule has 82 valence electrons. The number of ketones is 1. The largest absolute Gasteiger partial charge is 0.295 e. The van der Waals surface area contributed by atoms with Crippen molar-refractivity contribution in [2.45, 2.75) is 17.0 Å². The summed E-state index contributed by atoms with van der Waals surface area (Å²) in [4.78, 5) is 12.1. The molecule has 0 saturated heterocycles. The number of benzene rings is 1. The van der Waals surface area contributed by atoms with E-state index in [1.54, 1.807) is 30.8 Å². The van der Waals surface area contributed by atoms with Crippen LogP contribution in [0, 0.1) is 0 Å². The lowest BCUT2D eigenvalue weighted by Crippen LogP contribution is -1.93. The van der Waals surface area contributed by atoms with Gasteiger partial charge in [0, 0.05) is 17.5 Å². The van der Waals surface area contributed by atoms with Gasteiger partial charge < -0.3 is 0 Å². The lowest BCUT2D eigenvalue weighted by molar-refractivity contribution is 0.101. The Morgan fingerprint density at radius 3 is 2.50 bits per heavy atom. The number of carbonyl (C=O) groups excluding carboxylic acids is 1. The van der Waals surface area contributed by atoms with Crippen LogP contribution in [0.5, 0.6) is 0 Å². The molecule has 1 aromatic carbocycles. The van der Waals surface area contributed by atoms with Crippen LogP contribution in [0.15, 0.2) is 34.3 Å². The Kier molecular flexibility index (Phi) is 3.00. The number of aryl methyl sites for hydroxylation is 1. The van der Waals surface area contributed by atoms with Gasteiger partial charge in [0.2, 0.25) is 5.16 Å². The van der Waals surface area contributed by atoms with Gasteiger partial charge in [-0.15, -0.1) is 5.10 Å². The van der Waals surface area contributed by atoms with Gasteiger partial charge in [0.25, 0.3) is 0 Å². The summed E-state index contributed by atoms with van der Waals surface area (Å²) in [5.41, 5.74) is 0.709. The highest BCUT2D eigenvalue weighted by molar-refractivity contribution is 7.99. The summed E-state index contributed by atoms with van der Waals surface area (Å²) in [5.74, 6) is 0.0666. The predicted molar refractivity (Wildman–Crippen MR) is 59.4 cm³/mol. The minimum atomic E-state index is 0.0666. The van der Waals surface area contributed by atoms with Gasteiger partial charge in [0.1, 0.15) is 0 Å². The van der Waals surface area contributed by atoms with Crippen molar-refractivity contribution >= 4 is 17.5 Å². The molecule has 2 rings (SSSR count). The monoisotopic (exact) mass is 234 g/mol. The summed E-state index contributed by atoms with van der Waals surface area (Å²) in [6.07, 6.45) is 0. The maximum absolute atomic E-state index is 11.1. The Morgan fingerprint density at radius 1 is 1.31 bits per heavy atom. The fourth-order valence-corrected chi connectivity index (χ4v) is 1.90. The van der Waals surface area contributed by atoms with Gasteiger partial charge in [-0.2, -0.15) is 0 Å². The number of hydrogen-bond acceptors (Lipinski definition) is 5. The second kappa shape index (κ2) is 4.44. The van der Waals surface area contributed by atoms with E-state index in [1.807, 2.05) is 12.1 Å². The van der Waals surface area contributed by atoms with Crippen LogP contribution in [0.2, 0.25) is 0 Å². The maximum Gasteiger partial charge on any atom is 0.213 e. The van der Waals surface area contributed by atoms with E-state index in [0.717, 1.165) is 10.1 Å². The summed E-state index contributed by atoms with van der Waals surface area (Å²) in [6, 6.07) is 7.37. The van der Waals surface area contributed by atoms with Gasteiger partial charge in [-0.3, -0.25) is 4.79 Å². The third kappa shape index (κ3) is 2.27. The fraction of sp³-hybridized carbons (Fsp3) is 0.200. The van der Waals surface area contributed by atoms with Crippen LogP contribution in [0.3, 0.4) is 0 Å². The molecule has 0 spiro atoms. The molecule has 0 bridgehead atoms. The molecule has 0 aliphatic heterocycles. The van der Waals surface area contributed by atoms with Gasteiger partial charge in [-0.25, -0.2) is 4.68 Å². The van der Waals surface area contributed by atoms with Crippen molar-refractivity contribution in [2.75, 3.05) is 0 Å². The standard InChI is InChI=1S/C10H10N4OS/c1-7(15)8-3-5-9(6-4-8)16-10-11-12-13-14(10)2/h3-6H,1-2H3. The zero-order chi connectivity index (χ0) is 11.5. The van der Waals surface area contributed by atoms with Crippen molar-refractivity contribution in [1.82, 2.24) is 20.2 Å². The molecule has 1 heterocycles. The van der Waals surface area contributed by atoms with E-state index in [1.165, 1.54) is 11.8 Å². The molecule has 0 radical (unpaired) electrons. The van der Waals surface area contributed by atoms with E-state index in [2.05, 4.69) is 15.5 Å². The molecule has 0 saturated carbocycles. The number of tetrazole rings is 1. The van der Waals surface area contributed by atoms with Crippen LogP contribution >= 0.6 is 11.8 Å². The van der Waals surface area contributed by atoms with Gasteiger partial charge in [-0.05, 0) is 41.2 Å². The summed E-state index contributed by atoms with van der Waals surface area (Å²) >= 11 is 1.46. The zero-order valence-electron chi connectivity index (χ0n) is 8.91. The number of rotatable bonds is 3. The molecule has 1 aromatic heterocycles. The summed E-state index contributed by atoms with van der Waals surface area (Å²) < 4.78 is 1.60. The van der Waals surface area contributed by atoms with Gasteiger partial charge in [0.05, 0.1) is 0 Å². The Labute approximate surface area is 96.9 Å². The first-order valence-corrected chi connectivity index (χ1v) is 5.49. The molecule has 0 amide bonds. The molecule has 0 aliphatic carbocycles. The number of Topliss-reactive ketones (excluding diaryl/α,β-unsaturated/α-hetero) is 1. The predicted octanol–water partition coefficient (Wildman–Crippen LogP) is 1.56. The molecule has 6 heteroatoms. The van der Waals surface area contributed by atoms with E-state index in [4.69, 9.17) is 0 Å². The van der Waals surface area contributed by atoms with Crippen LogP contribution < -0.4 is 0 Å². The molecule has 0 unspecified atom stereocenters. The first-order chi connectivity index (χ1) is 7.66. The van der Waals surface area contributed by atoms with Crippen LogP contribution in [0.1, 0.15) is 17.3 Å². The molecule has 16 heavy (non-hydrogen) atoms. The van der Waals surface area contributed by atoms with Crippen molar-refractivity contribution in [1.29, 1.82) is 0 Å². The van der Waals surface area contributed by atoms with Crippen molar-refractivity contribution in [3.8, 4) is 0 Å². The van der Waals surface area contributed by atoms with Crippen LogP contribution in [0.25, 0.3) is 0 Å². The average molecular weight is 234 g/mol. The molecule has 2 aromatic rings. The van der Waals surface area contributed by atoms with Crippen LogP contribution in [-0.4, -0.2) is 26.0 Å². The number of hydrogen-bond donors (Lipinski definition) is 0. The third-order valence-corrected chi connectivity index (χ3v) is 3.09. The molecule has 5 nitrogen and oxygen atoms in total. The highest BCUT2D eigenvalue weighted by atomic mass is 32.2. The molecule has 0 atom stereocenters. The van der Waals surface area contributed by atoms with Crippen LogP contribution in [0.4, 0.5) is 0 Å². The van der Waals surface area contributed by atoms with Gasteiger partial charge in [-0.1, -0.05) is 12.1 Å². The Balaban J connectivity index is 2.17. The molecule has 0 fully saturated rings. The second-order valence-electron chi connectivity index (χ2n) is 3.27. The normalized spacial score (nSPS) is 10.4. The topological polar surface area (TPSA) is 60.7 Å². The van der Waals surface area contributed by atoms with Crippen LogP contribution in [-0.2, 0) is 7.05 Å². The summed E-state index contributed by atoms with van der Waals surface area (Å²) in [6.45, 7) is 1.55. The number of carbonyl (C=O) groups is 1. The van der Waals surface area contributed by atoms with Gasteiger partial charge in [0.15, 0.2) is 5.78 Å². The minimum Gasteiger partial charge on any atom is -0.295 e. The minimum absolute atomic E-state index is 0.0666. The van der Waals surface area contributed by atoms with E-state index in [9.17, 15) is 4.79 Å². The van der Waals surface area contributed by atoms with E-state index < -0.39 is 0 Å². The second-order valence-corrected chi connectivity index (χ2v) is 4.31. The SMILES string of the molecule is CC(=O)c1ccc(Sc2nnnn2C)cc1. The molecule has 0 N–H and O–H groups in total. The maximum atomic E-state index is 11.1. The zero-order valence-corrected chi connectivity index (χ0v) is 9.73. The smallest absolute Gasteiger partial charge is 0.213 e. The van der Waals surface area contributed by atoms with Crippen molar-refractivity contribution in [3.63, 3.8) is 0 Å². The van der Waals surface area contributed by atoms with Crippen molar-refractivity contribution in [3.05, 3.63) is 29.8 Å². The first-order valence-electron chi connectivity index (χ1n) is 4.68. The average Bonchev–Trinajstić information content (AvgIpc) is 2.65. The van der Waals surface area contributed by atoms with E-state index in [-0.39, 0.29) is 5.78 Å². The Morgan fingerprint density at radius 2 is 2.00 bits per heavy atom. The lowest BCUT2D eigenvalue weighted by atomic mass is 10.2. The number of aromatic nitrogens is 4. The third-order valence-electron chi connectivity index (χ3n) is 2.05. The van der Waals surface area contributed by atoms with Gasteiger partial charge >= 0.3 is 0 Å². The fourth-order valence-electron chi connectivity index (χ4n) is 1.17.